The molecule has 0 heterocycles. The normalized spacial score (nSPS) is 10.6. The Labute approximate surface area is 110 Å². The van der Waals surface area contributed by atoms with Crippen LogP contribution in [0.15, 0.2) is 28.7 Å². The van der Waals surface area contributed by atoms with Crippen molar-refractivity contribution in [3.63, 3.8) is 0 Å². The number of hydrogen-bond donors (Lipinski definition) is 1. The second-order valence-electron chi connectivity index (χ2n) is 3.46. The first-order chi connectivity index (χ1) is 7.83. The molecule has 1 N–H and O–H groups in total. The van der Waals surface area contributed by atoms with Gasteiger partial charge in [-0.1, -0.05) is 28.1 Å². The zero-order valence-electron chi connectivity index (χ0n) is 9.22. The van der Waals surface area contributed by atoms with E-state index in [-0.39, 0.29) is 0 Å². The Morgan fingerprint density at radius 1 is 1.31 bits per heavy atom. The highest BCUT2D eigenvalue weighted by Gasteiger charge is 1.93. The molecule has 0 aliphatic rings. The van der Waals surface area contributed by atoms with Gasteiger partial charge < -0.3 is 10.1 Å². The Balaban J connectivity index is 2.03. The van der Waals surface area contributed by atoms with Gasteiger partial charge in [0.1, 0.15) is 0 Å². The van der Waals surface area contributed by atoms with Crippen molar-refractivity contribution in [1.82, 2.24) is 5.32 Å². The van der Waals surface area contributed by atoms with Crippen molar-refractivity contribution in [1.29, 1.82) is 0 Å². The van der Waals surface area contributed by atoms with E-state index in [1.807, 2.05) is 12.1 Å². The van der Waals surface area contributed by atoms with E-state index < -0.39 is 0 Å². The van der Waals surface area contributed by atoms with Gasteiger partial charge in [-0.25, -0.2) is 0 Å². The van der Waals surface area contributed by atoms with Crippen LogP contribution in [0, 0.1) is 0 Å². The third-order valence-corrected chi connectivity index (χ3v) is 2.73. The predicted molar refractivity (Wildman–Crippen MR) is 72.0 cm³/mol. The Bertz CT molecular complexity index is 296. The molecule has 1 aromatic carbocycles. The minimum atomic E-state index is 0.575. The van der Waals surface area contributed by atoms with Gasteiger partial charge in [0.05, 0.1) is 6.61 Å². The molecule has 0 saturated heterocycles. The number of ether oxygens (including phenoxy) is 1. The fourth-order valence-electron chi connectivity index (χ4n) is 1.34. The number of rotatable bonds is 8. The molecule has 0 spiro atoms. The molecule has 0 aromatic heterocycles. The van der Waals surface area contributed by atoms with Gasteiger partial charge in [0.25, 0.3) is 0 Å². The summed E-state index contributed by atoms with van der Waals surface area (Å²) in [7, 11) is 0. The molecule has 16 heavy (non-hydrogen) atoms. The van der Waals surface area contributed by atoms with Crippen LogP contribution < -0.4 is 5.32 Å². The van der Waals surface area contributed by atoms with Crippen LogP contribution in [0.2, 0.25) is 0 Å². The molecular formula is C12H17BrClNO. The van der Waals surface area contributed by atoms with Gasteiger partial charge in [-0.3, -0.25) is 0 Å². The van der Waals surface area contributed by atoms with Crippen LogP contribution in [-0.4, -0.2) is 25.6 Å². The topological polar surface area (TPSA) is 21.3 Å². The molecule has 0 saturated carbocycles. The van der Waals surface area contributed by atoms with Gasteiger partial charge >= 0.3 is 0 Å². The average molecular weight is 307 g/mol. The second kappa shape index (κ2) is 8.99. The summed E-state index contributed by atoms with van der Waals surface area (Å²) < 4.78 is 6.40. The molecule has 2 nitrogen and oxygen atoms in total. The largest absolute Gasteiger partial charge is 0.380 e. The van der Waals surface area contributed by atoms with Crippen LogP contribution in [0.25, 0.3) is 0 Å². The molecule has 0 unspecified atom stereocenters. The van der Waals surface area contributed by atoms with Gasteiger partial charge in [-0.15, -0.1) is 11.6 Å². The molecule has 4 heteroatoms. The number of benzene rings is 1. The molecule has 1 aromatic rings. The second-order valence-corrected chi connectivity index (χ2v) is 4.76. The maximum Gasteiger partial charge on any atom is 0.0601 e. The van der Waals surface area contributed by atoms with E-state index in [2.05, 4.69) is 33.4 Å². The first-order valence-electron chi connectivity index (χ1n) is 5.42. The molecule has 0 radical (unpaired) electrons. The number of halogens is 2. The molecule has 0 atom stereocenters. The third-order valence-electron chi connectivity index (χ3n) is 2.08. The summed E-state index contributed by atoms with van der Waals surface area (Å²) in [6.07, 6.45) is 1.02. The van der Waals surface area contributed by atoms with Crippen LogP contribution in [0.3, 0.4) is 0 Å². The van der Waals surface area contributed by atoms with Gasteiger partial charge in [0.15, 0.2) is 0 Å². The minimum Gasteiger partial charge on any atom is -0.380 e. The van der Waals surface area contributed by atoms with E-state index in [4.69, 9.17) is 16.3 Å². The van der Waals surface area contributed by atoms with Gasteiger partial charge in [-0.05, 0) is 30.7 Å². The van der Waals surface area contributed by atoms with E-state index >= 15 is 0 Å². The fraction of sp³-hybridized carbons (Fsp3) is 0.500. The van der Waals surface area contributed by atoms with E-state index in [1.165, 1.54) is 5.56 Å². The monoisotopic (exact) mass is 305 g/mol. The highest BCUT2D eigenvalue weighted by molar-refractivity contribution is 9.10. The average Bonchev–Trinajstić information content (AvgIpc) is 2.28. The maximum absolute atomic E-state index is 5.49. The molecule has 0 aliphatic carbocycles. The summed E-state index contributed by atoms with van der Waals surface area (Å²) in [5.74, 6) is 0.575. The first-order valence-corrected chi connectivity index (χ1v) is 6.74. The number of nitrogens with one attached hydrogen (secondary N) is 1. The van der Waals surface area contributed by atoms with E-state index in [1.54, 1.807) is 0 Å². The Morgan fingerprint density at radius 2 is 2.19 bits per heavy atom. The Hall–Kier alpha value is -0.0900. The van der Waals surface area contributed by atoms with E-state index in [0.29, 0.717) is 12.5 Å². The quantitative estimate of drug-likeness (QED) is 0.588. The molecule has 90 valence electrons. The maximum atomic E-state index is 5.49. The molecule has 0 bridgehead atoms. The first kappa shape index (κ1) is 14.0. The van der Waals surface area contributed by atoms with E-state index in [9.17, 15) is 0 Å². The van der Waals surface area contributed by atoms with Crippen LogP contribution >= 0.6 is 27.5 Å². The minimum absolute atomic E-state index is 0.575. The van der Waals surface area contributed by atoms with Crippen molar-refractivity contribution >= 4 is 27.5 Å². The summed E-state index contributed by atoms with van der Waals surface area (Å²) >= 11 is 8.94. The lowest BCUT2D eigenvalue weighted by Crippen LogP contribution is -2.16. The van der Waals surface area contributed by atoms with Crippen molar-refractivity contribution in [3.8, 4) is 0 Å². The predicted octanol–water partition coefficient (Wildman–Crippen LogP) is 3.18. The molecule has 0 amide bonds. The van der Waals surface area contributed by atoms with Crippen LogP contribution in [0.5, 0.6) is 0 Å². The summed E-state index contributed by atoms with van der Waals surface area (Å²) in [6.45, 7) is 3.29. The molecule has 0 aliphatic heterocycles. The number of hydrogen-bond acceptors (Lipinski definition) is 2. The lowest BCUT2D eigenvalue weighted by Gasteiger charge is -2.05. The summed E-state index contributed by atoms with van der Waals surface area (Å²) in [5, 5.41) is 3.37. The van der Waals surface area contributed by atoms with Crippen LogP contribution in [-0.2, 0) is 11.3 Å². The van der Waals surface area contributed by atoms with E-state index in [0.717, 1.165) is 30.6 Å². The molecule has 0 fully saturated rings. The highest BCUT2D eigenvalue weighted by Crippen LogP contribution is 2.11. The zero-order valence-corrected chi connectivity index (χ0v) is 11.6. The van der Waals surface area contributed by atoms with Crippen molar-refractivity contribution in [2.24, 2.45) is 0 Å². The summed E-state index contributed by atoms with van der Waals surface area (Å²) in [6, 6.07) is 8.31. The zero-order chi connectivity index (χ0) is 11.6. The lowest BCUT2D eigenvalue weighted by atomic mass is 10.2. The Morgan fingerprint density at radius 3 is 2.94 bits per heavy atom. The van der Waals surface area contributed by atoms with Crippen LogP contribution in [0.1, 0.15) is 12.0 Å². The smallest absolute Gasteiger partial charge is 0.0601 e. The standard InChI is InChI=1S/C12H17BrClNO/c13-12-4-1-3-11(9-12)10-15-6-2-7-16-8-5-14/h1,3-4,9,15H,2,5-8,10H2. The van der Waals surface area contributed by atoms with Crippen molar-refractivity contribution in [2.45, 2.75) is 13.0 Å². The van der Waals surface area contributed by atoms with Crippen molar-refractivity contribution < 1.29 is 4.74 Å². The summed E-state index contributed by atoms with van der Waals surface area (Å²) in [4.78, 5) is 0. The highest BCUT2D eigenvalue weighted by atomic mass is 79.9. The van der Waals surface area contributed by atoms with Crippen molar-refractivity contribution in [2.75, 3.05) is 25.6 Å². The third kappa shape index (κ3) is 6.48. The van der Waals surface area contributed by atoms with Crippen LogP contribution in [0.4, 0.5) is 0 Å². The lowest BCUT2D eigenvalue weighted by molar-refractivity contribution is 0.146. The van der Waals surface area contributed by atoms with Gasteiger partial charge in [0.2, 0.25) is 0 Å². The van der Waals surface area contributed by atoms with Gasteiger partial charge in [-0.2, -0.15) is 0 Å². The SMILES string of the molecule is ClCCOCCCNCc1cccc(Br)c1. The Kier molecular flexibility index (Phi) is 7.85. The molecule has 1 rings (SSSR count). The molecular weight excluding hydrogens is 289 g/mol. The number of alkyl halides is 1. The van der Waals surface area contributed by atoms with Gasteiger partial charge in [0, 0.05) is 23.5 Å². The summed E-state index contributed by atoms with van der Waals surface area (Å²) in [5.41, 5.74) is 1.29. The van der Waals surface area contributed by atoms with Crippen molar-refractivity contribution in [3.05, 3.63) is 34.3 Å². The fourth-order valence-corrected chi connectivity index (χ4v) is 1.89.